The van der Waals surface area contributed by atoms with Gasteiger partial charge >= 0.3 is 11.8 Å². The molecule has 0 saturated carbocycles. The molecule has 0 fully saturated rings. The Morgan fingerprint density at radius 2 is 1.27 bits per heavy atom. The molecule has 2 rings (SSSR count). The summed E-state index contributed by atoms with van der Waals surface area (Å²) in [7, 11) is 0. The number of pyridine rings is 2. The van der Waals surface area contributed by atoms with E-state index in [1.54, 1.807) is 36.9 Å². The number of rotatable bonds is 4. The summed E-state index contributed by atoms with van der Waals surface area (Å²) < 4.78 is 5.22. The standard InChI is InChI=1S/C14H14N4O2.C4I2/c19-13(17-9-11-3-1-5-15-7-11)14(20)18-10-12-4-2-6-16-8-12;5-3-1-2-4-6/h1-8H,9-10H2,(H,17,19)(H,18,20);. The van der Waals surface area contributed by atoms with Gasteiger partial charge in [-0.25, -0.2) is 0 Å². The smallest absolute Gasteiger partial charge is 0.309 e. The molecule has 0 bridgehead atoms. The van der Waals surface area contributed by atoms with E-state index in [0.29, 0.717) is 0 Å². The largest absolute Gasteiger partial charge is 0.344 e. The van der Waals surface area contributed by atoms with E-state index < -0.39 is 11.8 Å². The summed E-state index contributed by atoms with van der Waals surface area (Å²) >= 11 is 3.89. The Morgan fingerprint density at radius 3 is 1.58 bits per heavy atom. The van der Waals surface area contributed by atoms with E-state index in [9.17, 15) is 9.59 Å². The number of nitrogens with zero attached hydrogens (tertiary/aromatic N) is 2. The molecule has 2 amide bonds. The molecule has 0 saturated heterocycles. The van der Waals surface area contributed by atoms with Crippen molar-refractivity contribution < 1.29 is 9.59 Å². The molecule has 2 aromatic heterocycles. The second-order valence-electron chi connectivity index (χ2n) is 4.53. The average molecular weight is 572 g/mol. The highest BCUT2D eigenvalue weighted by Gasteiger charge is 2.12. The summed E-state index contributed by atoms with van der Waals surface area (Å²) in [5.74, 6) is 3.79. The average Bonchev–Trinajstić information content (AvgIpc) is 2.70. The van der Waals surface area contributed by atoms with Crippen molar-refractivity contribution in [1.29, 1.82) is 0 Å². The quantitative estimate of drug-likeness (QED) is 0.335. The summed E-state index contributed by atoms with van der Waals surface area (Å²) in [4.78, 5) is 31.0. The van der Waals surface area contributed by atoms with E-state index >= 15 is 0 Å². The summed E-state index contributed by atoms with van der Waals surface area (Å²) in [6.07, 6.45) is 6.56. The van der Waals surface area contributed by atoms with Gasteiger partial charge in [-0.1, -0.05) is 12.1 Å². The minimum absolute atomic E-state index is 0.271. The summed E-state index contributed by atoms with van der Waals surface area (Å²) in [5.41, 5.74) is 1.67. The Kier molecular flexibility index (Phi) is 11.8. The van der Waals surface area contributed by atoms with E-state index in [-0.39, 0.29) is 13.1 Å². The van der Waals surface area contributed by atoms with Crippen LogP contribution in [0.4, 0.5) is 0 Å². The molecule has 2 N–H and O–H groups in total. The van der Waals surface area contributed by atoms with Gasteiger partial charge in [0.05, 0.1) is 0 Å². The number of halogens is 2. The minimum Gasteiger partial charge on any atom is -0.344 e. The topological polar surface area (TPSA) is 84.0 Å². The van der Waals surface area contributed by atoms with Crippen molar-refractivity contribution in [3.05, 3.63) is 60.2 Å². The molecule has 0 unspecified atom stereocenters. The highest BCUT2D eigenvalue weighted by Crippen LogP contribution is 1.95. The number of aromatic nitrogens is 2. The van der Waals surface area contributed by atoms with Gasteiger partial charge in [0.2, 0.25) is 0 Å². The lowest BCUT2D eigenvalue weighted by molar-refractivity contribution is -0.139. The zero-order valence-corrected chi connectivity index (χ0v) is 17.8. The molecule has 26 heavy (non-hydrogen) atoms. The van der Waals surface area contributed by atoms with Gasteiger partial charge in [-0.3, -0.25) is 19.6 Å². The van der Waals surface area contributed by atoms with Crippen LogP contribution in [-0.2, 0) is 22.7 Å². The second-order valence-corrected chi connectivity index (χ2v) is 5.61. The van der Waals surface area contributed by atoms with Gasteiger partial charge in [-0.15, -0.1) is 0 Å². The van der Waals surface area contributed by atoms with Gasteiger partial charge < -0.3 is 10.6 Å². The highest BCUT2D eigenvalue weighted by atomic mass is 127. The molecular formula is C18H14I2N4O2. The normalized spacial score (nSPS) is 8.38. The highest BCUT2D eigenvalue weighted by molar-refractivity contribution is 14.1. The lowest BCUT2D eigenvalue weighted by Gasteiger charge is -2.06. The molecule has 6 nitrogen and oxygen atoms in total. The maximum atomic E-state index is 11.6. The van der Waals surface area contributed by atoms with Crippen LogP contribution in [0, 0.1) is 19.7 Å². The molecule has 0 spiro atoms. The van der Waals surface area contributed by atoms with Gasteiger partial charge in [0.25, 0.3) is 0 Å². The first-order valence-electron chi connectivity index (χ1n) is 7.22. The predicted molar refractivity (Wildman–Crippen MR) is 116 cm³/mol. The molecule has 132 valence electrons. The fraction of sp³-hybridized carbons (Fsp3) is 0.111. The Balaban J connectivity index is 0.000000487. The lowest BCUT2D eigenvalue weighted by atomic mass is 10.3. The van der Waals surface area contributed by atoms with Crippen LogP contribution in [0.5, 0.6) is 0 Å². The maximum absolute atomic E-state index is 11.6. The van der Waals surface area contributed by atoms with Crippen molar-refractivity contribution in [2.75, 3.05) is 0 Å². The van der Waals surface area contributed by atoms with Crippen LogP contribution >= 0.6 is 45.2 Å². The third-order valence-electron chi connectivity index (χ3n) is 2.71. The molecule has 0 aliphatic heterocycles. The third-order valence-corrected chi connectivity index (χ3v) is 3.25. The van der Waals surface area contributed by atoms with Crippen molar-refractivity contribution >= 4 is 57.0 Å². The molecule has 2 aromatic rings. The Hall–Kier alpha value is -2.18. The van der Waals surface area contributed by atoms with E-state index in [1.165, 1.54) is 0 Å². The molecule has 0 radical (unpaired) electrons. The predicted octanol–water partition coefficient (Wildman–Crippen LogP) is 2.19. The number of carbonyl (C=O) groups is 2. The number of carbonyl (C=O) groups excluding carboxylic acids is 2. The number of amides is 2. The molecule has 0 aromatic carbocycles. The van der Waals surface area contributed by atoms with Crippen molar-refractivity contribution in [3.8, 4) is 19.7 Å². The van der Waals surface area contributed by atoms with E-state index in [2.05, 4.69) is 40.3 Å². The molecular weight excluding hydrogens is 558 g/mol. The molecule has 0 aliphatic rings. The van der Waals surface area contributed by atoms with Crippen LogP contribution in [0.2, 0.25) is 0 Å². The first-order valence-corrected chi connectivity index (χ1v) is 9.38. The van der Waals surface area contributed by atoms with Gasteiger partial charge in [-0.05, 0) is 43.0 Å². The summed E-state index contributed by atoms with van der Waals surface area (Å²) in [6, 6.07) is 7.18. The van der Waals surface area contributed by atoms with E-state index in [0.717, 1.165) is 11.1 Å². The van der Waals surface area contributed by atoms with Crippen molar-refractivity contribution in [2.45, 2.75) is 13.1 Å². The van der Waals surface area contributed by atoms with Crippen molar-refractivity contribution in [3.63, 3.8) is 0 Å². The fourth-order valence-electron chi connectivity index (χ4n) is 1.58. The molecule has 8 heteroatoms. The van der Waals surface area contributed by atoms with Gasteiger partial charge in [-0.2, -0.15) is 0 Å². The third kappa shape index (κ3) is 9.96. The summed E-state index contributed by atoms with van der Waals surface area (Å²) in [6.45, 7) is 0.542. The van der Waals surface area contributed by atoms with Crippen LogP contribution in [0.1, 0.15) is 11.1 Å². The molecule has 2 heterocycles. The second kappa shape index (κ2) is 14.0. The Bertz CT molecular complexity index is 751. The van der Waals surface area contributed by atoms with Gasteiger partial charge in [0.15, 0.2) is 0 Å². The Morgan fingerprint density at radius 1 is 0.846 bits per heavy atom. The van der Waals surface area contributed by atoms with Crippen LogP contribution in [-0.4, -0.2) is 21.8 Å². The van der Waals surface area contributed by atoms with Crippen molar-refractivity contribution in [1.82, 2.24) is 20.6 Å². The number of hydrogen-bond donors (Lipinski definition) is 2. The van der Waals surface area contributed by atoms with E-state index in [1.807, 2.05) is 57.3 Å². The molecule has 0 atom stereocenters. The van der Waals surface area contributed by atoms with Crippen molar-refractivity contribution in [2.24, 2.45) is 0 Å². The maximum Gasteiger partial charge on any atom is 0.309 e. The first-order chi connectivity index (χ1) is 12.7. The van der Waals surface area contributed by atoms with Crippen LogP contribution in [0.15, 0.2) is 49.1 Å². The van der Waals surface area contributed by atoms with E-state index in [4.69, 9.17) is 0 Å². The SMILES string of the molecule is IC#CC#CI.O=C(NCc1cccnc1)C(=O)NCc1cccnc1. The lowest BCUT2D eigenvalue weighted by Crippen LogP contribution is -2.39. The number of hydrogen-bond acceptors (Lipinski definition) is 4. The fourth-order valence-corrected chi connectivity index (χ4v) is 1.85. The monoisotopic (exact) mass is 572 g/mol. The minimum atomic E-state index is -0.669. The zero-order valence-electron chi connectivity index (χ0n) is 13.5. The van der Waals surface area contributed by atoms with Gasteiger partial charge in [0.1, 0.15) is 0 Å². The zero-order chi connectivity index (χ0) is 19.0. The van der Waals surface area contributed by atoms with Crippen LogP contribution in [0.3, 0.4) is 0 Å². The van der Waals surface area contributed by atoms with Crippen LogP contribution in [0.25, 0.3) is 0 Å². The molecule has 0 aliphatic carbocycles. The summed E-state index contributed by atoms with van der Waals surface area (Å²) in [5, 5.41) is 5.06. The first kappa shape index (κ1) is 21.9. The number of nitrogens with one attached hydrogen (secondary N) is 2. The van der Waals surface area contributed by atoms with Crippen LogP contribution < -0.4 is 10.6 Å². The van der Waals surface area contributed by atoms with Gasteiger partial charge in [0, 0.05) is 83.1 Å². The Labute approximate surface area is 179 Å².